The second-order valence-corrected chi connectivity index (χ2v) is 18.6. The van der Waals surface area contributed by atoms with Crippen molar-refractivity contribution in [3.05, 3.63) is 72.4 Å². The number of amides is 4. The number of nitrogens with one attached hydrogen (secondary N) is 4. The van der Waals surface area contributed by atoms with E-state index in [1.165, 1.54) is 14.2 Å². The number of rotatable bonds is 10. The second-order valence-electron chi connectivity index (χ2n) is 18.6. The third-order valence-electron chi connectivity index (χ3n) is 14.8. The van der Waals surface area contributed by atoms with Crippen molar-refractivity contribution < 1.29 is 33.4 Å². The Morgan fingerprint density at radius 1 is 0.810 bits per heavy atom. The Labute approximate surface area is 366 Å². The van der Waals surface area contributed by atoms with Gasteiger partial charge < -0.3 is 44.6 Å². The maximum atomic E-state index is 14.4. The number of hydrogen-bond acceptors (Lipinski definition) is 9. The minimum Gasteiger partial charge on any atom is -0.453 e. The fourth-order valence-electron chi connectivity index (χ4n) is 11.4. The fraction of sp³-hybridized carbons (Fsp3) is 0.500. The Morgan fingerprint density at radius 3 is 2.29 bits per heavy atom. The standard InChI is InChI=1S/C48H56N8O7/c1-24(2)38(53-47(59)61-4)45(57)55-32-13-10-31(21-32)42(55)44-50-35-15-12-30-20-29(11-14-33(30)40(35)52-44)26-6-8-27(9-7-26)36-23-49-43(51-36)37-22-34-25(3)41(34)56(37)46(58)39(54-48(60)62-5)28-16-18-63-19-17-28/h6-9,11-12,14-15,20,23-25,28,31-32,34,37-39,41-42H,10,13,16-19,21-22H2,1-5H3,(H,49,51)(H,50,52)(H,53,59)(H,54,60)/t25?,31-,32+,34?,37-,38-,39?,41?,42-/m0/s1. The summed E-state index contributed by atoms with van der Waals surface area (Å²) in [5.74, 6) is 2.33. The maximum Gasteiger partial charge on any atom is 0.407 e. The highest BCUT2D eigenvalue weighted by molar-refractivity contribution is 6.05. The number of H-pyrrole nitrogens is 2. The van der Waals surface area contributed by atoms with Gasteiger partial charge in [0.25, 0.3) is 0 Å². The Kier molecular flexibility index (Phi) is 10.6. The number of aromatic nitrogens is 4. The van der Waals surface area contributed by atoms with Crippen LogP contribution in [0.4, 0.5) is 9.59 Å². The van der Waals surface area contributed by atoms with Gasteiger partial charge in [-0.05, 0) is 102 Å². The summed E-state index contributed by atoms with van der Waals surface area (Å²) < 4.78 is 15.4. The van der Waals surface area contributed by atoms with Gasteiger partial charge in [-0.3, -0.25) is 9.59 Å². The van der Waals surface area contributed by atoms with Crippen molar-refractivity contribution in [3.63, 3.8) is 0 Å². The molecule has 4 unspecified atom stereocenters. The van der Waals surface area contributed by atoms with E-state index in [1.807, 2.05) is 35.9 Å². The summed E-state index contributed by atoms with van der Waals surface area (Å²) in [5, 5.41) is 7.77. The topological polar surface area (TPSA) is 184 Å². The number of methoxy groups -OCH3 is 2. The summed E-state index contributed by atoms with van der Waals surface area (Å²) in [4.78, 5) is 74.2. The van der Waals surface area contributed by atoms with E-state index in [-0.39, 0.29) is 47.8 Å². The molecule has 9 atom stereocenters. The number of likely N-dealkylation sites (tertiary alicyclic amines) is 2. The molecule has 10 rings (SSSR count). The van der Waals surface area contributed by atoms with Gasteiger partial charge in [-0.1, -0.05) is 63.2 Å². The number of carbonyl (C=O) groups is 4. The fourth-order valence-corrected chi connectivity index (χ4v) is 11.4. The van der Waals surface area contributed by atoms with Crippen molar-refractivity contribution in [2.24, 2.45) is 29.6 Å². The summed E-state index contributed by atoms with van der Waals surface area (Å²) in [7, 11) is 2.63. The number of aromatic amines is 2. The van der Waals surface area contributed by atoms with Crippen LogP contribution in [0.1, 0.15) is 83.0 Å². The van der Waals surface area contributed by atoms with Crippen LogP contribution in [0.3, 0.4) is 0 Å². The van der Waals surface area contributed by atoms with Crippen molar-refractivity contribution in [3.8, 4) is 22.4 Å². The normalized spacial score (nSPS) is 26.2. The summed E-state index contributed by atoms with van der Waals surface area (Å²) in [5.41, 5.74) is 5.80. The molecule has 4 amide bonds. The molecule has 0 spiro atoms. The minimum absolute atomic E-state index is 0.0312. The largest absolute Gasteiger partial charge is 0.453 e. The van der Waals surface area contributed by atoms with Gasteiger partial charge in [0.15, 0.2) is 0 Å². The molecular formula is C48H56N8O7. The monoisotopic (exact) mass is 856 g/mol. The van der Waals surface area contributed by atoms with Crippen LogP contribution < -0.4 is 10.6 Å². The molecule has 5 fully saturated rings. The van der Waals surface area contributed by atoms with Crippen molar-refractivity contribution in [2.45, 2.75) is 95.5 Å². The molecule has 3 saturated heterocycles. The zero-order valence-electron chi connectivity index (χ0n) is 36.4. The van der Waals surface area contributed by atoms with Crippen LogP contribution in [-0.2, 0) is 23.8 Å². The lowest BCUT2D eigenvalue weighted by Gasteiger charge is -2.37. The number of imidazole rings is 2. The Morgan fingerprint density at radius 2 is 1.54 bits per heavy atom. The van der Waals surface area contributed by atoms with Crippen LogP contribution in [0.5, 0.6) is 0 Å². The third kappa shape index (κ3) is 7.27. The number of benzene rings is 3. The summed E-state index contributed by atoms with van der Waals surface area (Å²) in [6.07, 6.45) is 5.76. The van der Waals surface area contributed by atoms with E-state index in [4.69, 9.17) is 24.2 Å². The number of fused-ring (bicyclic) bond motifs is 6. The lowest BCUT2D eigenvalue weighted by Crippen LogP contribution is -2.54. The van der Waals surface area contributed by atoms with Crippen molar-refractivity contribution >= 4 is 45.8 Å². The van der Waals surface area contributed by atoms with Crippen LogP contribution in [0.15, 0.2) is 60.8 Å². The number of hydrogen-bond donors (Lipinski definition) is 4. The number of nitrogens with zero attached hydrogens (tertiary/aromatic N) is 4. The van der Waals surface area contributed by atoms with Crippen LogP contribution in [0.25, 0.3) is 44.2 Å². The predicted molar refractivity (Wildman–Crippen MR) is 235 cm³/mol. The first-order valence-corrected chi connectivity index (χ1v) is 22.5. The van der Waals surface area contributed by atoms with Gasteiger partial charge in [0.05, 0.1) is 49.2 Å². The zero-order valence-corrected chi connectivity index (χ0v) is 36.4. The van der Waals surface area contributed by atoms with Crippen molar-refractivity contribution in [2.75, 3.05) is 27.4 Å². The minimum atomic E-state index is -0.691. The Balaban J connectivity index is 0.869. The van der Waals surface area contributed by atoms with E-state index in [0.717, 1.165) is 81.5 Å². The highest BCUT2D eigenvalue weighted by atomic mass is 16.5. The number of piperidine rings is 2. The van der Waals surface area contributed by atoms with E-state index in [9.17, 15) is 19.2 Å². The molecule has 2 saturated carbocycles. The molecule has 15 nitrogen and oxygen atoms in total. The molecule has 330 valence electrons. The molecule has 5 aliphatic rings. The molecule has 2 aliphatic carbocycles. The highest BCUT2D eigenvalue weighted by Gasteiger charge is 2.62. The second kappa shape index (κ2) is 16.3. The predicted octanol–water partition coefficient (Wildman–Crippen LogP) is 7.26. The smallest absolute Gasteiger partial charge is 0.407 e. The highest BCUT2D eigenvalue weighted by Crippen LogP contribution is 2.58. The van der Waals surface area contributed by atoms with Gasteiger partial charge in [-0.2, -0.15) is 0 Å². The molecule has 3 aliphatic heterocycles. The summed E-state index contributed by atoms with van der Waals surface area (Å²) in [6, 6.07) is 17.5. The SMILES string of the molecule is COC(=O)NC(C(=O)N1C2C(C)C2C[C@H]1c1ncc(-c2ccc(-c3ccc4c(ccc5nc([C@@H]6[C@H]7CC[C@H](C7)N6C(=O)[C@@H](NC(=O)OC)C(C)C)[nH]c54)c3)cc2)[nH]1)C1CCOCC1. The van der Waals surface area contributed by atoms with E-state index in [0.29, 0.717) is 43.8 Å². The van der Waals surface area contributed by atoms with Gasteiger partial charge in [0.1, 0.15) is 23.7 Å². The number of ether oxygens (including phenoxy) is 3. The van der Waals surface area contributed by atoms with Crippen LogP contribution in [0.2, 0.25) is 0 Å². The van der Waals surface area contributed by atoms with E-state index in [2.05, 4.69) is 76.1 Å². The van der Waals surface area contributed by atoms with Crippen LogP contribution in [-0.4, -0.2) is 105 Å². The zero-order chi connectivity index (χ0) is 43.7. The first kappa shape index (κ1) is 41.1. The van der Waals surface area contributed by atoms with E-state index < -0.39 is 24.3 Å². The molecular weight excluding hydrogens is 801 g/mol. The first-order chi connectivity index (χ1) is 30.5. The van der Waals surface area contributed by atoms with Gasteiger partial charge in [0, 0.05) is 30.7 Å². The molecule has 2 aromatic heterocycles. The maximum absolute atomic E-state index is 14.4. The first-order valence-electron chi connectivity index (χ1n) is 22.5. The van der Waals surface area contributed by atoms with E-state index in [1.54, 1.807) is 0 Å². The van der Waals surface area contributed by atoms with Crippen molar-refractivity contribution in [1.29, 1.82) is 0 Å². The quantitative estimate of drug-likeness (QED) is 0.112. The van der Waals surface area contributed by atoms with E-state index >= 15 is 0 Å². The molecule has 0 radical (unpaired) electrons. The third-order valence-corrected chi connectivity index (χ3v) is 14.8. The Bertz CT molecular complexity index is 2560. The molecule has 4 N–H and O–H groups in total. The number of alkyl carbamates (subject to hydrolysis) is 2. The summed E-state index contributed by atoms with van der Waals surface area (Å²) in [6.45, 7) is 7.18. The lowest BCUT2D eigenvalue weighted by atomic mass is 9.90. The van der Waals surface area contributed by atoms with Gasteiger partial charge in [-0.15, -0.1) is 0 Å². The van der Waals surface area contributed by atoms with Crippen LogP contribution in [0, 0.1) is 29.6 Å². The van der Waals surface area contributed by atoms with Gasteiger partial charge >= 0.3 is 12.2 Å². The average molecular weight is 857 g/mol. The van der Waals surface area contributed by atoms with Gasteiger partial charge in [0.2, 0.25) is 11.8 Å². The molecule has 15 heteroatoms. The summed E-state index contributed by atoms with van der Waals surface area (Å²) >= 11 is 0. The molecule has 5 heterocycles. The van der Waals surface area contributed by atoms with Crippen molar-refractivity contribution in [1.82, 2.24) is 40.4 Å². The number of carbonyl (C=O) groups excluding carboxylic acids is 4. The lowest BCUT2D eigenvalue weighted by molar-refractivity contribution is -0.139. The molecule has 2 bridgehead atoms. The molecule has 63 heavy (non-hydrogen) atoms. The molecule has 3 aromatic carbocycles. The van der Waals surface area contributed by atoms with Crippen LogP contribution >= 0.6 is 0 Å². The molecule has 5 aromatic rings. The Hall–Kier alpha value is -5.96. The average Bonchev–Trinajstić information content (AvgIpc) is 4.04. The van der Waals surface area contributed by atoms with Gasteiger partial charge in [-0.25, -0.2) is 19.6 Å².